The van der Waals surface area contributed by atoms with Crippen molar-refractivity contribution in [2.45, 2.75) is 6.54 Å². The van der Waals surface area contributed by atoms with Gasteiger partial charge in [-0.15, -0.1) is 0 Å². The molecule has 2 aromatic carbocycles. The number of ether oxygens (including phenoxy) is 1. The standard InChI is InChI=1S/C17H18N2O/c1-20-16-7-8-17-14(13-16)9-11-19(17)12-10-18-15-5-3-2-4-6-15/h2-9,11,13,18H,10,12H2,1H3. The fraction of sp³-hybridized carbons (Fsp3) is 0.176. The fourth-order valence-electron chi connectivity index (χ4n) is 2.38. The number of aromatic nitrogens is 1. The summed E-state index contributed by atoms with van der Waals surface area (Å²) < 4.78 is 7.50. The number of methoxy groups -OCH3 is 1. The second-order valence-electron chi connectivity index (χ2n) is 4.73. The van der Waals surface area contributed by atoms with Gasteiger partial charge >= 0.3 is 0 Å². The van der Waals surface area contributed by atoms with E-state index in [9.17, 15) is 0 Å². The molecule has 0 atom stereocenters. The van der Waals surface area contributed by atoms with E-state index in [0.717, 1.165) is 24.5 Å². The minimum absolute atomic E-state index is 0.901. The highest BCUT2D eigenvalue weighted by atomic mass is 16.5. The molecule has 0 amide bonds. The molecular formula is C17H18N2O. The van der Waals surface area contributed by atoms with Gasteiger partial charge in [0.25, 0.3) is 0 Å². The molecule has 3 heteroatoms. The number of fused-ring (bicyclic) bond motifs is 1. The monoisotopic (exact) mass is 266 g/mol. The van der Waals surface area contributed by atoms with Crippen LogP contribution in [0.1, 0.15) is 0 Å². The maximum Gasteiger partial charge on any atom is 0.119 e. The average Bonchev–Trinajstić information content (AvgIpc) is 2.91. The van der Waals surface area contributed by atoms with E-state index in [1.165, 1.54) is 10.9 Å². The highest BCUT2D eigenvalue weighted by molar-refractivity contribution is 5.81. The van der Waals surface area contributed by atoms with Crippen LogP contribution in [0.2, 0.25) is 0 Å². The Kier molecular flexibility index (Phi) is 3.59. The molecule has 0 saturated heterocycles. The summed E-state index contributed by atoms with van der Waals surface area (Å²) in [6.45, 7) is 1.84. The Hall–Kier alpha value is -2.42. The van der Waals surface area contributed by atoms with Crippen LogP contribution in [0, 0.1) is 0 Å². The minimum Gasteiger partial charge on any atom is -0.497 e. The van der Waals surface area contributed by atoms with Crippen LogP contribution < -0.4 is 10.1 Å². The summed E-state index contributed by atoms with van der Waals surface area (Å²) in [6.07, 6.45) is 2.12. The number of nitrogens with zero attached hydrogens (tertiary/aromatic N) is 1. The zero-order valence-corrected chi connectivity index (χ0v) is 11.5. The van der Waals surface area contributed by atoms with Gasteiger partial charge in [0, 0.05) is 35.9 Å². The third-order valence-corrected chi connectivity index (χ3v) is 3.43. The number of para-hydroxylation sites is 1. The summed E-state index contributed by atoms with van der Waals surface area (Å²) in [5.74, 6) is 0.901. The highest BCUT2D eigenvalue weighted by Crippen LogP contribution is 2.21. The van der Waals surface area contributed by atoms with Gasteiger partial charge in [-0.1, -0.05) is 18.2 Å². The van der Waals surface area contributed by atoms with Gasteiger partial charge in [-0.2, -0.15) is 0 Å². The molecular weight excluding hydrogens is 248 g/mol. The van der Waals surface area contributed by atoms with Gasteiger partial charge in [0.05, 0.1) is 7.11 Å². The minimum atomic E-state index is 0.901. The molecule has 1 N–H and O–H groups in total. The van der Waals surface area contributed by atoms with Crippen molar-refractivity contribution in [3.8, 4) is 5.75 Å². The van der Waals surface area contributed by atoms with E-state index in [1.54, 1.807) is 7.11 Å². The van der Waals surface area contributed by atoms with Gasteiger partial charge in [0.15, 0.2) is 0 Å². The first kappa shape index (κ1) is 12.6. The lowest BCUT2D eigenvalue weighted by Gasteiger charge is -2.09. The van der Waals surface area contributed by atoms with Crippen LogP contribution in [-0.2, 0) is 6.54 Å². The molecule has 102 valence electrons. The van der Waals surface area contributed by atoms with Crippen molar-refractivity contribution in [2.75, 3.05) is 19.0 Å². The SMILES string of the molecule is COc1ccc2c(ccn2CCNc2ccccc2)c1. The molecule has 0 aliphatic carbocycles. The Bertz CT molecular complexity index is 689. The molecule has 1 aromatic heterocycles. The molecule has 0 bridgehead atoms. The predicted molar refractivity (Wildman–Crippen MR) is 83.4 cm³/mol. The normalized spacial score (nSPS) is 10.7. The van der Waals surface area contributed by atoms with Crippen molar-refractivity contribution in [1.29, 1.82) is 0 Å². The average molecular weight is 266 g/mol. The smallest absolute Gasteiger partial charge is 0.119 e. The Labute approximate surface area is 118 Å². The number of nitrogens with one attached hydrogen (secondary N) is 1. The van der Waals surface area contributed by atoms with Crippen molar-refractivity contribution >= 4 is 16.6 Å². The van der Waals surface area contributed by atoms with Crippen molar-refractivity contribution < 1.29 is 4.74 Å². The number of benzene rings is 2. The zero-order valence-electron chi connectivity index (χ0n) is 11.5. The molecule has 0 aliphatic heterocycles. The molecule has 0 aliphatic rings. The van der Waals surface area contributed by atoms with Crippen LogP contribution in [-0.4, -0.2) is 18.2 Å². The van der Waals surface area contributed by atoms with Gasteiger partial charge < -0.3 is 14.6 Å². The van der Waals surface area contributed by atoms with Crippen LogP contribution >= 0.6 is 0 Å². The van der Waals surface area contributed by atoms with E-state index in [-0.39, 0.29) is 0 Å². The maximum absolute atomic E-state index is 5.25. The Morgan fingerprint density at radius 1 is 1.05 bits per heavy atom. The van der Waals surface area contributed by atoms with Crippen LogP contribution in [0.3, 0.4) is 0 Å². The Morgan fingerprint density at radius 2 is 1.90 bits per heavy atom. The lowest BCUT2D eigenvalue weighted by molar-refractivity contribution is 0.415. The maximum atomic E-state index is 5.25. The molecule has 1 heterocycles. The molecule has 0 unspecified atom stereocenters. The second kappa shape index (κ2) is 5.70. The van der Waals surface area contributed by atoms with Crippen molar-refractivity contribution in [1.82, 2.24) is 4.57 Å². The van der Waals surface area contributed by atoms with Gasteiger partial charge in [0.2, 0.25) is 0 Å². The third kappa shape index (κ3) is 2.62. The van der Waals surface area contributed by atoms with Crippen molar-refractivity contribution in [2.24, 2.45) is 0 Å². The van der Waals surface area contributed by atoms with Gasteiger partial charge in [-0.3, -0.25) is 0 Å². The van der Waals surface area contributed by atoms with Gasteiger partial charge in [-0.25, -0.2) is 0 Å². The summed E-state index contributed by atoms with van der Waals surface area (Å²) in [6, 6.07) is 18.6. The largest absolute Gasteiger partial charge is 0.497 e. The van der Waals surface area contributed by atoms with Gasteiger partial charge in [-0.05, 0) is 36.4 Å². The lowest BCUT2D eigenvalue weighted by Crippen LogP contribution is -2.09. The number of hydrogen-bond acceptors (Lipinski definition) is 2. The molecule has 3 rings (SSSR count). The molecule has 0 fully saturated rings. The summed E-state index contributed by atoms with van der Waals surface area (Å²) in [7, 11) is 1.70. The number of rotatable bonds is 5. The second-order valence-corrected chi connectivity index (χ2v) is 4.73. The lowest BCUT2D eigenvalue weighted by atomic mass is 10.2. The molecule has 0 radical (unpaired) electrons. The Morgan fingerprint density at radius 3 is 2.70 bits per heavy atom. The van der Waals surface area contributed by atoms with E-state index >= 15 is 0 Å². The molecule has 0 spiro atoms. The van der Waals surface area contributed by atoms with Crippen LogP contribution in [0.4, 0.5) is 5.69 Å². The topological polar surface area (TPSA) is 26.2 Å². The van der Waals surface area contributed by atoms with Crippen LogP contribution in [0.5, 0.6) is 5.75 Å². The van der Waals surface area contributed by atoms with Crippen LogP contribution in [0.25, 0.3) is 10.9 Å². The van der Waals surface area contributed by atoms with Crippen LogP contribution in [0.15, 0.2) is 60.8 Å². The van der Waals surface area contributed by atoms with E-state index in [2.05, 4.69) is 46.4 Å². The Balaban J connectivity index is 1.69. The molecule has 3 aromatic rings. The summed E-state index contributed by atoms with van der Waals surface area (Å²) in [4.78, 5) is 0. The van der Waals surface area contributed by atoms with E-state index < -0.39 is 0 Å². The van der Waals surface area contributed by atoms with Gasteiger partial charge in [0.1, 0.15) is 5.75 Å². The number of hydrogen-bond donors (Lipinski definition) is 1. The predicted octanol–water partition coefficient (Wildman–Crippen LogP) is 3.76. The van der Waals surface area contributed by atoms with E-state index in [0.29, 0.717) is 0 Å². The molecule has 3 nitrogen and oxygen atoms in total. The highest BCUT2D eigenvalue weighted by Gasteiger charge is 2.02. The number of anilines is 1. The zero-order chi connectivity index (χ0) is 13.8. The summed E-state index contributed by atoms with van der Waals surface area (Å²) >= 11 is 0. The summed E-state index contributed by atoms with van der Waals surface area (Å²) in [5, 5.41) is 4.64. The first-order valence-electron chi connectivity index (χ1n) is 6.78. The fourth-order valence-corrected chi connectivity index (χ4v) is 2.38. The summed E-state index contributed by atoms with van der Waals surface area (Å²) in [5.41, 5.74) is 2.39. The van der Waals surface area contributed by atoms with E-state index in [4.69, 9.17) is 4.74 Å². The van der Waals surface area contributed by atoms with Crippen molar-refractivity contribution in [3.05, 3.63) is 60.8 Å². The van der Waals surface area contributed by atoms with Crippen molar-refractivity contribution in [3.63, 3.8) is 0 Å². The quantitative estimate of drug-likeness (QED) is 0.761. The third-order valence-electron chi connectivity index (χ3n) is 3.43. The first-order valence-corrected chi connectivity index (χ1v) is 6.78. The molecule has 0 saturated carbocycles. The first-order chi connectivity index (χ1) is 9.86. The van der Waals surface area contributed by atoms with E-state index in [1.807, 2.05) is 24.3 Å². The molecule has 20 heavy (non-hydrogen) atoms.